The van der Waals surface area contributed by atoms with Gasteiger partial charge in [0.2, 0.25) is 5.91 Å². The van der Waals surface area contributed by atoms with Gasteiger partial charge in [-0.05, 0) is 23.1 Å². The molecule has 1 aromatic carbocycles. The molecular formula is C16H25N3O. The summed E-state index contributed by atoms with van der Waals surface area (Å²) >= 11 is 0. The van der Waals surface area contributed by atoms with Gasteiger partial charge in [-0.15, -0.1) is 0 Å². The molecule has 1 aromatic rings. The lowest BCUT2D eigenvalue weighted by molar-refractivity contribution is -0.129. The number of hydrogen-bond donors (Lipinski definition) is 1. The number of nitrogens with zero attached hydrogens (tertiary/aromatic N) is 2. The summed E-state index contributed by atoms with van der Waals surface area (Å²) in [5.74, 6) is 0.0488. The number of carbonyl (C=O) groups is 1. The molecule has 20 heavy (non-hydrogen) atoms. The lowest BCUT2D eigenvalue weighted by Gasteiger charge is -2.36. The van der Waals surface area contributed by atoms with E-state index in [1.165, 1.54) is 11.3 Å². The fourth-order valence-corrected chi connectivity index (χ4v) is 2.52. The molecule has 0 atom stereocenters. The molecule has 1 saturated heterocycles. The van der Waals surface area contributed by atoms with Crippen LogP contribution in [0.25, 0.3) is 0 Å². The van der Waals surface area contributed by atoms with Gasteiger partial charge in [-0.2, -0.15) is 0 Å². The minimum Gasteiger partial charge on any atom is -0.368 e. The second-order valence-corrected chi connectivity index (χ2v) is 6.37. The second kappa shape index (κ2) is 5.83. The first-order chi connectivity index (χ1) is 9.41. The Morgan fingerprint density at radius 3 is 2.10 bits per heavy atom. The molecule has 4 heteroatoms. The van der Waals surface area contributed by atoms with Gasteiger partial charge < -0.3 is 15.5 Å². The van der Waals surface area contributed by atoms with Crippen molar-refractivity contribution in [3.63, 3.8) is 0 Å². The molecule has 2 N–H and O–H groups in total. The third-order valence-corrected chi connectivity index (χ3v) is 3.91. The SMILES string of the molecule is CC(C)(C)c1ccc(N2CCN(C(=O)CN)CC2)cc1. The average Bonchev–Trinajstić information content (AvgIpc) is 2.46. The van der Waals surface area contributed by atoms with Gasteiger partial charge in [-0.3, -0.25) is 4.79 Å². The van der Waals surface area contributed by atoms with Gasteiger partial charge in [-0.25, -0.2) is 0 Å². The fraction of sp³-hybridized carbons (Fsp3) is 0.562. The first-order valence-corrected chi connectivity index (χ1v) is 7.25. The molecule has 2 rings (SSSR count). The first-order valence-electron chi connectivity index (χ1n) is 7.25. The molecule has 110 valence electrons. The van der Waals surface area contributed by atoms with E-state index in [-0.39, 0.29) is 17.9 Å². The Morgan fingerprint density at radius 1 is 1.10 bits per heavy atom. The van der Waals surface area contributed by atoms with Crippen molar-refractivity contribution in [2.45, 2.75) is 26.2 Å². The van der Waals surface area contributed by atoms with Crippen LogP contribution in [0.5, 0.6) is 0 Å². The van der Waals surface area contributed by atoms with E-state index in [1.807, 2.05) is 4.90 Å². The number of hydrogen-bond acceptors (Lipinski definition) is 3. The normalized spacial score (nSPS) is 16.4. The van der Waals surface area contributed by atoms with Crippen LogP contribution in [0.1, 0.15) is 26.3 Å². The highest BCUT2D eigenvalue weighted by molar-refractivity contribution is 5.78. The van der Waals surface area contributed by atoms with Crippen molar-refractivity contribution >= 4 is 11.6 Å². The van der Waals surface area contributed by atoms with Crippen molar-refractivity contribution in [2.24, 2.45) is 5.73 Å². The lowest BCUT2D eigenvalue weighted by Crippen LogP contribution is -2.50. The third-order valence-electron chi connectivity index (χ3n) is 3.91. The van der Waals surface area contributed by atoms with Gasteiger partial charge in [0.25, 0.3) is 0 Å². The number of carbonyl (C=O) groups excluding carboxylic acids is 1. The topological polar surface area (TPSA) is 49.6 Å². The van der Waals surface area contributed by atoms with Crippen molar-refractivity contribution in [3.05, 3.63) is 29.8 Å². The van der Waals surface area contributed by atoms with Crippen LogP contribution in [0, 0.1) is 0 Å². The molecule has 1 fully saturated rings. The highest BCUT2D eigenvalue weighted by Gasteiger charge is 2.20. The monoisotopic (exact) mass is 275 g/mol. The Morgan fingerprint density at radius 2 is 1.65 bits per heavy atom. The van der Waals surface area contributed by atoms with Gasteiger partial charge in [0.1, 0.15) is 0 Å². The minimum atomic E-state index is 0.0488. The molecule has 4 nitrogen and oxygen atoms in total. The summed E-state index contributed by atoms with van der Waals surface area (Å²) in [4.78, 5) is 15.7. The maximum Gasteiger partial charge on any atom is 0.236 e. The van der Waals surface area contributed by atoms with Crippen molar-refractivity contribution in [2.75, 3.05) is 37.6 Å². The predicted octanol–water partition coefficient (Wildman–Crippen LogP) is 1.59. The molecule has 1 amide bonds. The summed E-state index contributed by atoms with van der Waals surface area (Å²) in [7, 11) is 0. The zero-order chi connectivity index (χ0) is 14.8. The van der Waals surface area contributed by atoms with E-state index in [4.69, 9.17) is 5.73 Å². The summed E-state index contributed by atoms with van der Waals surface area (Å²) in [5, 5.41) is 0. The van der Waals surface area contributed by atoms with Crippen LogP contribution in [0.15, 0.2) is 24.3 Å². The van der Waals surface area contributed by atoms with Gasteiger partial charge in [0.05, 0.1) is 6.54 Å². The average molecular weight is 275 g/mol. The Labute approximate surface area is 121 Å². The molecule has 1 aliphatic rings. The number of nitrogens with two attached hydrogens (primary N) is 1. The van der Waals surface area contributed by atoms with Gasteiger partial charge in [0.15, 0.2) is 0 Å². The van der Waals surface area contributed by atoms with Crippen LogP contribution in [0.3, 0.4) is 0 Å². The minimum absolute atomic E-state index is 0.0488. The van der Waals surface area contributed by atoms with Gasteiger partial charge in [-0.1, -0.05) is 32.9 Å². The zero-order valence-corrected chi connectivity index (χ0v) is 12.7. The smallest absolute Gasteiger partial charge is 0.236 e. The van der Waals surface area contributed by atoms with Crippen LogP contribution in [-0.4, -0.2) is 43.5 Å². The van der Waals surface area contributed by atoms with Crippen molar-refractivity contribution in [3.8, 4) is 0 Å². The summed E-state index contributed by atoms with van der Waals surface area (Å²) in [6, 6.07) is 8.77. The highest BCUT2D eigenvalue weighted by Crippen LogP contribution is 2.25. The summed E-state index contributed by atoms with van der Waals surface area (Å²) in [6.07, 6.45) is 0. The van der Waals surface area contributed by atoms with Gasteiger partial charge >= 0.3 is 0 Å². The lowest BCUT2D eigenvalue weighted by atomic mass is 9.87. The van der Waals surface area contributed by atoms with Crippen LogP contribution >= 0.6 is 0 Å². The van der Waals surface area contributed by atoms with E-state index in [9.17, 15) is 4.79 Å². The van der Waals surface area contributed by atoms with Crippen LogP contribution in [0.2, 0.25) is 0 Å². The number of rotatable bonds is 2. The van der Waals surface area contributed by atoms with E-state index in [0.717, 1.165) is 26.2 Å². The van der Waals surface area contributed by atoms with Crippen LogP contribution in [-0.2, 0) is 10.2 Å². The molecule has 0 bridgehead atoms. The molecular weight excluding hydrogens is 250 g/mol. The predicted molar refractivity (Wildman–Crippen MR) is 83.0 cm³/mol. The number of amides is 1. The quantitative estimate of drug-likeness (QED) is 0.892. The maximum absolute atomic E-state index is 11.5. The van der Waals surface area contributed by atoms with E-state index >= 15 is 0 Å². The number of anilines is 1. The Hall–Kier alpha value is -1.55. The molecule has 0 unspecified atom stereocenters. The third kappa shape index (κ3) is 3.31. The molecule has 0 aromatic heterocycles. The molecule has 0 aliphatic carbocycles. The second-order valence-electron chi connectivity index (χ2n) is 6.37. The van der Waals surface area contributed by atoms with Crippen molar-refractivity contribution in [1.82, 2.24) is 4.90 Å². The Kier molecular flexibility index (Phi) is 4.33. The summed E-state index contributed by atoms with van der Waals surface area (Å²) < 4.78 is 0. The molecule has 0 saturated carbocycles. The van der Waals surface area contributed by atoms with Crippen molar-refractivity contribution in [1.29, 1.82) is 0 Å². The van der Waals surface area contributed by atoms with E-state index < -0.39 is 0 Å². The van der Waals surface area contributed by atoms with Crippen LogP contribution in [0.4, 0.5) is 5.69 Å². The molecule has 1 aliphatic heterocycles. The molecule has 0 radical (unpaired) electrons. The molecule has 1 heterocycles. The van der Waals surface area contributed by atoms with Crippen LogP contribution < -0.4 is 10.6 Å². The maximum atomic E-state index is 11.5. The van der Waals surface area contributed by atoms with E-state index in [1.54, 1.807) is 0 Å². The Balaban J connectivity index is 1.99. The number of benzene rings is 1. The number of piperazine rings is 1. The van der Waals surface area contributed by atoms with E-state index in [0.29, 0.717) is 0 Å². The summed E-state index contributed by atoms with van der Waals surface area (Å²) in [6.45, 7) is 10.0. The zero-order valence-electron chi connectivity index (χ0n) is 12.7. The first kappa shape index (κ1) is 14.9. The highest BCUT2D eigenvalue weighted by atomic mass is 16.2. The van der Waals surface area contributed by atoms with E-state index in [2.05, 4.69) is 49.9 Å². The standard InChI is InChI=1S/C16H25N3O/c1-16(2,3)13-4-6-14(7-5-13)18-8-10-19(11-9-18)15(20)12-17/h4-7H,8-12,17H2,1-3H3. The fourth-order valence-electron chi connectivity index (χ4n) is 2.52. The summed E-state index contributed by atoms with van der Waals surface area (Å²) in [5.41, 5.74) is 8.17. The largest absolute Gasteiger partial charge is 0.368 e. The van der Waals surface area contributed by atoms with Crippen molar-refractivity contribution < 1.29 is 4.79 Å². The van der Waals surface area contributed by atoms with Gasteiger partial charge in [0, 0.05) is 31.9 Å². The Bertz CT molecular complexity index is 454. The molecule has 0 spiro atoms.